The van der Waals surface area contributed by atoms with Crippen LogP contribution in [0.3, 0.4) is 0 Å². The lowest BCUT2D eigenvalue weighted by molar-refractivity contribution is 0.159. The fourth-order valence-corrected chi connectivity index (χ4v) is 2.49. The lowest BCUT2D eigenvalue weighted by atomic mass is 10.0. The quantitative estimate of drug-likeness (QED) is 0.750. The van der Waals surface area contributed by atoms with E-state index in [9.17, 15) is 0 Å². The topological polar surface area (TPSA) is 58.9 Å². The predicted octanol–water partition coefficient (Wildman–Crippen LogP) is 0.564. The molecule has 1 saturated heterocycles. The first-order chi connectivity index (χ1) is 8.75. The molecule has 18 heavy (non-hydrogen) atoms. The van der Waals surface area contributed by atoms with Crippen LogP contribution in [0.25, 0.3) is 0 Å². The van der Waals surface area contributed by atoms with Gasteiger partial charge < -0.3 is 10.2 Å². The zero-order valence-corrected chi connectivity index (χ0v) is 11.5. The molecule has 2 heterocycles. The SMILES string of the molecule is CC1CCCCN1CCCNCc1nnn(C)n1. The van der Waals surface area contributed by atoms with E-state index in [2.05, 4.69) is 32.6 Å². The average molecular weight is 252 g/mol. The van der Waals surface area contributed by atoms with Crippen molar-refractivity contribution in [3.05, 3.63) is 5.82 Å². The molecule has 0 radical (unpaired) electrons. The van der Waals surface area contributed by atoms with Crippen LogP contribution in [0.1, 0.15) is 38.4 Å². The molecule has 1 aliphatic rings. The van der Waals surface area contributed by atoms with Gasteiger partial charge in [-0.1, -0.05) is 6.42 Å². The zero-order chi connectivity index (χ0) is 12.8. The number of nitrogens with zero attached hydrogens (tertiary/aromatic N) is 5. The summed E-state index contributed by atoms with van der Waals surface area (Å²) in [6.45, 7) is 6.54. The molecule has 0 saturated carbocycles. The van der Waals surface area contributed by atoms with E-state index in [-0.39, 0.29) is 0 Å². The number of aromatic nitrogens is 4. The summed E-state index contributed by atoms with van der Waals surface area (Å²) in [5.41, 5.74) is 0. The molecule has 0 aliphatic carbocycles. The van der Waals surface area contributed by atoms with Crippen LogP contribution in [-0.4, -0.2) is 50.8 Å². The summed E-state index contributed by atoms with van der Waals surface area (Å²) >= 11 is 0. The van der Waals surface area contributed by atoms with E-state index in [1.54, 1.807) is 7.05 Å². The third kappa shape index (κ3) is 4.03. The second kappa shape index (κ2) is 6.80. The Morgan fingerprint density at radius 1 is 1.39 bits per heavy atom. The van der Waals surface area contributed by atoms with Gasteiger partial charge in [-0.3, -0.25) is 0 Å². The van der Waals surface area contributed by atoms with Gasteiger partial charge in [-0.2, -0.15) is 4.80 Å². The number of aryl methyl sites for hydroxylation is 1. The molecule has 6 heteroatoms. The molecule has 1 aromatic rings. The van der Waals surface area contributed by atoms with Gasteiger partial charge in [-0.05, 0) is 51.0 Å². The Bertz CT molecular complexity index is 350. The Morgan fingerprint density at radius 2 is 2.28 bits per heavy atom. The minimum atomic E-state index is 0.712. The minimum Gasteiger partial charge on any atom is -0.310 e. The van der Waals surface area contributed by atoms with Crippen molar-refractivity contribution >= 4 is 0 Å². The maximum atomic E-state index is 4.13. The van der Waals surface area contributed by atoms with Crippen LogP contribution in [0, 0.1) is 0 Å². The highest BCUT2D eigenvalue weighted by atomic mass is 15.6. The summed E-state index contributed by atoms with van der Waals surface area (Å²) in [7, 11) is 1.79. The van der Waals surface area contributed by atoms with Crippen molar-refractivity contribution in [1.29, 1.82) is 0 Å². The highest BCUT2D eigenvalue weighted by Crippen LogP contribution is 2.15. The van der Waals surface area contributed by atoms with E-state index in [1.165, 1.54) is 43.6 Å². The Morgan fingerprint density at radius 3 is 3.00 bits per heavy atom. The van der Waals surface area contributed by atoms with Gasteiger partial charge in [0, 0.05) is 6.04 Å². The molecular weight excluding hydrogens is 228 g/mol. The molecule has 1 aliphatic heterocycles. The molecule has 6 nitrogen and oxygen atoms in total. The Hall–Kier alpha value is -1.01. The van der Waals surface area contributed by atoms with Crippen LogP contribution in [0.4, 0.5) is 0 Å². The second-order valence-corrected chi connectivity index (χ2v) is 5.11. The van der Waals surface area contributed by atoms with Crippen molar-refractivity contribution < 1.29 is 0 Å². The van der Waals surface area contributed by atoms with Gasteiger partial charge in [-0.15, -0.1) is 10.2 Å². The molecule has 1 aromatic heterocycles. The summed E-state index contributed by atoms with van der Waals surface area (Å²) < 4.78 is 0. The van der Waals surface area contributed by atoms with Crippen LogP contribution < -0.4 is 5.32 Å². The predicted molar refractivity (Wildman–Crippen MR) is 70.0 cm³/mol. The highest BCUT2D eigenvalue weighted by Gasteiger charge is 2.16. The van der Waals surface area contributed by atoms with Crippen molar-refractivity contribution in [1.82, 2.24) is 30.4 Å². The molecule has 1 atom stereocenters. The van der Waals surface area contributed by atoms with E-state index < -0.39 is 0 Å². The zero-order valence-electron chi connectivity index (χ0n) is 11.5. The maximum Gasteiger partial charge on any atom is 0.188 e. The average Bonchev–Trinajstić information content (AvgIpc) is 2.77. The van der Waals surface area contributed by atoms with Gasteiger partial charge >= 0.3 is 0 Å². The van der Waals surface area contributed by atoms with E-state index in [0.717, 1.165) is 18.4 Å². The molecule has 0 aromatic carbocycles. The van der Waals surface area contributed by atoms with E-state index in [0.29, 0.717) is 6.54 Å². The van der Waals surface area contributed by atoms with Crippen molar-refractivity contribution in [2.45, 2.75) is 45.2 Å². The highest BCUT2D eigenvalue weighted by molar-refractivity contribution is 4.76. The molecule has 2 rings (SSSR count). The monoisotopic (exact) mass is 252 g/mol. The van der Waals surface area contributed by atoms with Crippen LogP contribution in [0.15, 0.2) is 0 Å². The molecular formula is C12H24N6. The summed E-state index contributed by atoms with van der Waals surface area (Å²) in [5.74, 6) is 0.767. The van der Waals surface area contributed by atoms with Crippen LogP contribution in [0.2, 0.25) is 0 Å². The normalized spacial score (nSPS) is 21.3. The number of nitrogens with one attached hydrogen (secondary N) is 1. The van der Waals surface area contributed by atoms with E-state index >= 15 is 0 Å². The maximum absolute atomic E-state index is 4.13. The molecule has 0 spiro atoms. The van der Waals surface area contributed by atoms with Gasteiger partial charge in [-0.25, -0.2) is 0 Å². The van der Waals surface area contributed by atoms with Gasteiger partial charge in [0.2, 0.25) is 0 Å². The van der Waals surface area contributed by atoms with Gasteiger partial charge in [0.25, 0.3) is 0 Å². The standard InChI is InChI=1S/C12H24N6/c1-11-6-3-4-8-18(11)9-5-7-13-10-12-14-16-17(2)15-12/h11,13H,3-10H2,1-2H3. The van der Waals surface area contributed by atoms with Gasteiger partial charge in [0.05, 0.1) is 13.6 Å². The summed E-state index contributed by atoms with van der Waals surface area (Å²) in [5, 5.41) is 15.2. The summed E-state index contributed by atoms with van der Waals surface area (Å²) in [6, 6.07) is 0.764. The molecule has 0 amide bonds. The van der Waals surface area contributed by atoms with Crippen molar-refractivity contribution in [2.75, 3.05) is 19.6 Å². The molecule has 0 bridgehead atoms. The Kier molecular flexibility index (Phi) is 5.07. The first kappa shape index (κ1) is 13.4. The van der Waals surface area contributed by atoms with Crippen molar-refractivity contribution in [2.24, 2.45) is 7.05 Å². The lowest BCUT2D eigenvalue weighted by Crippen LogP contribution is -2.38. The Labute approximate surface area is 109 Å². The number of rotatable bonds is 6. The summed E-state index contributed by atoms with van der Waals surface area (Å²) in [4.78, 5) is 4.10. The first-order valence-electron chi connectivity index (χ1n) is 6.93. The molecule has 1 fully saturated rings. The van der Waals surface area contributed by atoms with Crippen LogP contribution >= 0.6 is 0 Å². The fraction of sp³-hybridized carbons (Fsp3) is 0.917. The Balaban J connectivity index is 1.55. The second-order valence-electron chi connectivity index (χ2n) is 5.11. The molecule has 1 unspecified atom stereocenters. The third-order valence-electron chi connectivity index (χ3n) is 3.57. The van der Waals surface area contributed by atoms with Crippen LogP contribution in [0.5, 0.6) is 0 Å². The van der Waals surface area contributed by atoms with Crippen LogP contribution in [-0.2, 0) is 13.6 Å². The number of hydrogen-bond acceptors (Lipinski definition) is 5. The molecule has 1 N–H and O–H groups in total. The van der Waals surface area contributed by atoms with Crippen molar-refractivity contribution in [3.63, 3.8) is 0 Å². The largest absolute Gasteiger partial charge is 0.310 e. The van der Waals surface area contributed by atoms with Gasteiger partial charge in [0.1, 0.15) is 0 Å². The van der Waals surface area contributed by atoms with E-state index in [1.807, 2.05) is 0 Å². The third-order valence-corrected chi connectivity index (χ3v) is 3.57. The number of likely N-dealkylation sites (tertiary alicyclic amines) is 1. The first-order valence-corrected chi connectivity index (χ1v) is 6.93. The van der Waals surface area contributed by atoms with Crippen molar-refractivity contribution in [3.8, 4) is 0 Å². The number of piperidine rings is 1. The minimum absolute atomic E-state index is 0.712. The summed E-state index contributed by atoms with van der Waals surface area (Å²) in [6.07, 6.45) is 5.30. The number of hydrogen-bond donors (Lipinski definition) is 1. The lowest BCUT2D eigenvalue weighted by Gasteiger charge is -2.33. The number of tetrazole rings is 1. The fourth-order valence-electron chi connectivity index (χ4n) is 2.49. The smallest absolute Gasteiger partial charge is 0.188 e. The molecule has 102 valence electrons. The van der Waals surface area contributed by atoms with Gasteiger partial charge in [0.15, 0.2) is 5.82 Å². The van der Waals surface area contributed by atoms with E-state index in [4.69, 9.17) is 0 Å².